The predicted molar refractivity (Wildman–Crippen MR) is 197 cm³/mol. The molecule has 0 radical (unpaired) electrons. The second kappa shape index (κ2) is 20.6. The van der Waals surface area contributed by atoms with Crippen molar-refractivity contribution in [3.05, 3.63) is 70.8 Å². The zero-order valence-corrected chi connectivity index (χ0v) is 30.7. The van der Waals surface area contributed by atoms with Gasteiger partial charge in [-0.25, -0.2) is 0 Å². The summed E-state index contributed by atoms with van der Waals surface area (Å²) < 4.78 is 10.1. The van der Waals surface area contributed by atoms with Gasteiger partial charge >= 0.3 is 11.9 Å². The Hall–Kier alpha value is -3.03. The predicted octanol–water partition coefficient (Wildman–Crippen LogP) is 8.07. The van der Waals surface area contributed by atoms with Gasteiger partial charge in [0.1, 0.15) is 5.78 Å². The number of esters is 2. The molecule has 0 amide bonds. The number of rotatable bonds is 7. The Morgan fingerprint density at radius 3 is 1.73 bits per heavy atom. The number of Topliss-reactive ketones (excluding diaryl/α,β-unsaturated/α-hetero) is 1. The number of benzene rings is 2. The van der Waals surface area contributed by atoms with Crippen LogP contribution in [-0.4, -0.2) is 68.1 Å². The Morgan fingerprint density at radius 1 is 0.694 bits per heavy atom. The molecule has 49 heavy (non-hydrogen) atoms. The third kappa shape index (κ3) is 12.7. The number of carbonyl (C=O) groups is 3. The Kier molecular flexibility index (Phi) is 16.3. The maximum Gasteiger partial charge on any atom is 0.309 e. The number of likely N-dealkylation sites (tertiary alicyclic amines) is 1. The summed E-state index contributed by atoms with van der Waals surface area (Å²) in [6.07, 6.45) is 12.8. The van der Waals surface area contributed by atoms with E-state index in [0.29, 0.717) is 36.9 Å². The molecular formula is C42H62N2O5. The summed E-state index contributed by atoms with van der Waals surface area (Å²) in [5, 5.41) is 3.20. The largest absolute Gasteiger partial charge is 0.466 e. The number of carbonyl (C=O) groups excluding carboxylic acids is 3. The normalized spacial score (nSPS) is 23.7. The third-order valence-electron chi connectivity index (χ3n) is 10.9. The van der Waals surface area contributed by atoms with Crippen LogP contribution in [0.15, 0.2) is 48.5 Å². The van der Waals surface area contributed by atoms with E-state index in [4.69, 9.17) is 9.47 Å². The lowest BCUT2D eigenvalue weighted by molar-refractivity contribution is -0.150. The van der Waals surface area contributed by atoms with Crippen molar-refractivity contribution in [2.75, 3.05) is 39.4 Å². The smallest absolute Gasteiger partial charge is 0.309 e. The summed E-state index contributed by atoms with van der Waals surface area (Å²) in [4.78, 5) is 37.0. The molecule has 4 fully saturated rings. The zero-order chi connectivity index (χ0) is 35.0. The average Bonchev–Trinajstić information content (AvgIpc) is 3.13. The molecule has 4 aliphatic rings. The van der Waals surface area contributed by atoms with Crippen molar-refractivity contribution in [1.29, 1.82) is 0 Å². The monoisotopic (exact) mass is 674 g/mol. The highest BCUT2D eigenvalue weighted by molar-refractivity contribution is 5.80. The van der Waals surface area contributed by atoms with Gasteiger partial charge in [0.2, 0.25) is 0 Å². The van der Waals surface area contributed by atoms with Gasteiger partial charge in [-0.1, -0.05) is 66.1 Å². The lowest BCUT2D eigenvalue weighted by atomic mass is 9.80. The summed E-state index contributed by atoms with van der Waals surface area (Å²) in [6.45, 7) is 13.0. The molecule has 0 bridgehead atoms. The second-order valence-electron chi connectivity index (χ2n) is 14.5. The Bertz CT molecular complexity index is 1280. The number of ketones is 1. The average molecular weight is 675 g/mol. The topological polar surface area (TPSA) is 84.9 Å². The van der Waals surface area contributed by atoms with Crippen LogP contribution in [0, 0.1) is 25.7 Å². The molecule has 7 heteroatoms. The van der Waals surface area contributed by atoms with Crippen LogP contribution in [0.5, 0.6) is 0 Å². The number of hydrogen-bond donors (Lipinski definition) is 1. The first kappa shape index (κ1) is 38.8. The number of hydrogen-bond acceptors (Lipinski definition) is 7. The maximum absolute atomic E-state index is 11.9. The van der Waals surface area contributed by atoms with E-state index in [0.717, 1.165) is 71.1 Å². The molecule has 2 aliphatic heterocycles. The van der Waals surface area contributed by atoms with Gasteiger partial charge in [0.05, 0.1) is 25.0 Å². The number of piperidine rings is 2. The Labute approximate surface area is 295 Å². The van der Waals surface area contributed by atoms with Crippen LogP contribution in [0.3, 0.4) is 0 Å². The van der Waals surface area contributed by atoms with Crippen LogP contribution in [0.25, 0.3) is 0 Å². The minimum absolute atomic E-state index is 0.0123. The van der Waals surface area contributed by atoms with Crippen LogP contribution in [0.2, 0.25) is 0 Å². The first-order valence-corrected chi connectivity index (χ1v) is 19.2. The fourth-order valence-electron chi connectivity index (χ4n) is 7.86. The van der Waals surface area contributed by atoms with Gasteiger partial charge in [0.15, 0.2) is 0 Å². The summed E-state index contributed by atoms with van der Waals surface area (Å²) >= 11 is 0. The van der Waals surface area contributed by atoms with Crippen molar-refractivity contribution in [1.82, 2.24) is 10.2 Å². The van der Waals surface area contributed by atoms with Crippen LogP contribution in [0.1, 0.15) is 125 Å². The molecule has 2 heterocycles. The first-order valence-electron chi connectivity index (χ1n) is 19.2. The van der Waals surface area contributed by atoms with Crippen molar-refractivity contribution in [3.63, 3.8) is 0 Å². The highest BCUT2D eigenvalue weighted by Crippen LogP contribution is 2.36. The third-order valence-corrected chi connectivity index (χ3v) is 10.9. The summed E-state index contributed by atoms with van der Waals surface area (Å²) in [7, 11) is 0. The Balaban J connectivity index is 0.000000183. The van der Waals surface area contributed by atoms with Gasteiger partial charge in [-0.15, -0.1) is 0 Å². The van der Waals surface area contributed by atoms with Crippen LogP contribution in [-0.2, 0) is 23.9 Å². The van der Waals surface area contributed by atoms with Crippen LogP contribution in [0.4, 0.5) is 0 Å². The van der Waals surface area contributed by atoms with Gasteiger partial charge in [-0.05, 0) is 135 Å². The van der Waals surface area contributed by atoms with E-state index in [1.807, 2.05) is 13.8 Å². The first-order chi connectivity index (χ1) is 23.8. The molecule has 270 valence electrons. The van der Waals surface area contributed by atoms with Gasteiger partial charge < -0.3 is 19.7 Å². The molecule has 2 aromatic rings. The Morgan fingerprint density at radius 2 is 1.20 bits per heavy atom. The molecule has 2 aromatic carbocycles. The van der Waals surface area contributed by atoms with Crippen molar-refractivity contribution < 1.29 is 23.9 Å². The number of ether oxygens (including phenoxy) is 2. The quantitative estimate of drug-likeness (QED) is 0.298. The standard InChI is InChI=1S/C21H31NO2.C13H16O.C8H15NO2/c1-3-24-21(23)18-11-13-22(14-12-18)20-6-4-5-19(15-20)17-9-7-16(2)8-10-17;1-10-5-7-11(8-6-10)12-3-2-4-13(14)9-12;1-2-11-8(10)7-3-5-9-6-4-7/h7-10,18-20H,3-6,11-15H2,1-2H3;5-8,12H,2-4,9H2,1H3;7,9H,2-6H2,1H3. The van der Waals surface area contributed by atoms with E-state index >= 15 is 0 Å². The van der Waals surface area contributed by atoms with Crippen molar-refractivity contribution in [3.8, 4) is 0 Å². The number of nitrogens with one attached hydrogen (secondary N) is 1. The van der Waals surface area contributed by atoms with E-state index in [-0.39, 0.29) is 23.8 Å². The van der Waals surface area contributed by atoms with E-state index < -0.39 is 0 Å². The minimum atomic E-state index is -0.0194. The lowest BCUT2D eigenvalue weighted by Crippen LogP contribution is -2.44. The molecule has 0 aromatic heterocycles. The second-order valence-corrected chi connectivity index (χ2v) is 14.5. The fraction of sp³-hybridized carbons (Fsp3) is 0.643. The molecule has 7 nitrogen and oxygen atoms in total. The zero-order valence-electron chi connectivity index (χ0n) is 30.7. The number of nitrogens with zero attached hydrogens (tertiary/aromatic N) is 1. The van der Waals surface area contributed by atoms with E-state index in [1.54, 1.807) is 0 Å². The van der Waals surface area contributed by atoms with E-state index in [9.17, 15) is 14.4 Å². The molecule has 6 rings (SSSR count). The SMILES string of the molecule is CCOC(=O)C1CCN(C2CCCC(c3ccc(C)cc3)C2)CC1.CCOC(=O)C1CCNCC1.Cc1ccc(C2CCCC(=O)C2)cc1. The highest BCUT2D eigenvalue weighted by Gasteiger charge is 2.32. The van der Waals surface area contributed by atoms with Crippen molar-refractivity contribution >= 4 is 17.7 Å². The molecule has 2 saturated heterocycles. The van der Waals surface area contributed by atoms with Crippen LogP contribution < -0.4 is 5.32 Å². The molecular weight excluding hydrogens is 612 g/mol. The summed E-state index contributed by atoms with van der Waals surface area (Å²) in [5.41, 5.74) is 5.47. The van der Waals surface area contributed by atoms with Crippen molar-refractivity contribution in [2.24, 2.45) is 11.8 Å². The fourth-order valence-corrected chi connectivity index (χ4v) is 7.86. The maximum atomic E-state index is 11.9. The van der Waals surface area contributed by atoms with Gasteiger partial charge in [-0.2, -0.15) is 0 Å². The molecule has 3 atom stereocenters. The van der Waals surface area contributed by atoms with Gasteiger partial charge in [0, 0.05) is 18.9 Å². The summed E-state index contributed by atoms with van der Waals surface area (Å²) in [5.74, 6) is 1.88. The summed E-state index contributed by atoms with van der Waals surface area (Å²) in [6, 6.07) is 18.4. The van der Waals surface area contributed by atoms with E-state index in [2.05, 4.69) is 72.6 Å². The number of aryl methyl sites for hydroxylation is 2. The molecule has 2 aliphatic carbocycles. The van der Waals surface area contributed by atoms with Crippen LogP contribution >= 0.6 is 0 Å². The molecule has 0 spiro atoms. The minimum Gasteiger partial charge on any atom is -0.466 e. The van der Waals surface area contributed by atoms with E-state index in [1.165, 1.54) is 54.4 Å². The van der Waals surface area contributed by atoms with Crippen molar-refractivity contribution in [2.45, 2.75) is 123 Å². The molecule has 1 N–H and O–H groups in total. The van der Waals surface area contributed by atoms with Gasteiger partial charge in [-0.3, -0.25) is 14.4 Å². The molecule has 2 saturated carbocycles. The highest BCUT2D eigenvalue weighted by atomic mass is 16.5. The lowest BCUT2D eigenvalue weighted by Gasteiger charge is -2.41. The molecule has 3 unspecified atom stereocenters. The van der Waals surface area contributed by atoms with Gasteiger partial charge in [0.25, 0.3) is 0 Å².